The van der Waals surface area contributed by atoms with Crippen molar-refractivity contribution in [1.29, 1.82) is 0 Å². The molecule has 0 spiro atoms. The summed E-state index contributed by atoms with van der Waals surface area (Å²) in [6.45, 7) is 2.36. The molecular formula is C12H21NO. The summed E-state index contributed by atoms with van der Waals surface area (Å²) in [5, 5.41) is 3.81. The molecule has 2 aliphatic heterocycles. The molecule has 2 bridgehead atoms. The molecule has 80 valence electrons. The highest BCUT2D eigenvalue weighted by Crippen LogP contribution is 2.35. The molecule has 1 saturated carbocycles. The van der Waals surface area contributed by atoms with Gasteiger partial charge in [-0.05, 0) is 44.4 Å². The molecule has 14 heavy (non-hydrogen) atoms. The zero-order chi connectivity index (χ0) is 9.54. The lowest BCUT2D eigenvalue weighted by atomic mass is 9.80. The van der Waals surface area contributed by atoms with Crippen molar-refractivity contribution in [1.82, 2.24) is 5.32 Å². The van der Waals surface area contributed by atoms with Crippen LogP contribution in [-0.2, 0) is 4.74 Å². The first-order chi connectivity index (χ1) is 6.83. The molecule has 2 heterocycles. The van der Waals surface area contributed by atoms with Crippen LogP contribution in [0.5, 0.6) is 0 Å². The van der Waals surface area contributed by atoms with Gasteiger partial charge in [-0.25, -0.2) is 0 Å². The standard InChI is InChI=1S/C12H21NO/c1-8-2-5-10(8)13-11-6-3-9-4-7-12(11)14-9/h8-13H,2-7H2,1H3. The maximum absolute atomic E-state index is 5.95. The van der Waals surface area contributed by atoms with Gasteiger partial charge >= 0.3 is 0 Å². The third-order valence-corrected chi connectivity index (χ3v) is 4.44. The summed E-state index contributed by atoms with van der Waals surface area (Å²) in [7, 11) is 0. The summed E-state index contributed by atoms with van der Waals surface area (Å²) in [5.74, 6) is 0.897. The predicted octanol–water partition coefficient (Wildman–Crippen LogP) is 2.08. The minimum atomic E-state index is 0.543. The van der Waals surface area contributed by atoms with E-state index in [0.717, 1.165) is 12.0 Å². The van der Waals surface area contributed by atoms with Crippen molar-refractivity contribution in [3.63, 3.8) is 0 Å². The van der Waals surface area contributed by atoms with Crippen molar-refractivity contribution < 1.29 is 4.74 Å². The first-order valence-corrected chi connectivity index (χ1v) is 6.24. The lowest BCUT2D eigenvalue weighted by Crippen LogP contribution is -2.53. The van der Waals surface area contributed by atoms with E-state index in [1.165, 1.54) is 38.5 Å². The summed E-state index contributed by atoms with van der Waals surface area (Å²) >= 11 is 0. The topological polar surface area (TPSA) is 21.3 Å². The van der Waals surface area contributed by atoms with Crippen LogP contribution in [0.4, 0.5) is 0 Å². The van der Waals surface area contributed by atoms with E-state index >= 15 is 0 Å². The molecule has 0 aromatic rings. The molecule has 0 amide bonds. The van der Waals surface area contributed by atoms with Gasteiger partial charge in [0.25, 0.3) is 0 Å². The minimum Gasteiger partial charge on any atom is -0.373 e. The fourth-order valence-corrected chi connectivity index (χ4v) is 3.17. The lowest BCUT2D eigenvalue weighted by Gasteiger charge is -2.40. The van der Waals surface area contributed by atoms with E-state index in [9.17, 15) is 0 Å². The number of nitrogens with one attached hydrogen (secondary N) is 1. The Labute approximate surface area is 86.4 Å². The van der Waals surface area contributed by atoms with Crippen LogP contribution >= 0.6 is 0 Å². The van der Waals surface area contributed by atoms with Gasteiger partial charge in [0.15, 0.2) is 0 Å². The van der Waals surface area contributed by atoms with Crippen molar-refractivity contribution in [2.24, 2.45) is 5.92 Å². The highest BCUT2D eigenvalue weighted by molar-refractivity contribution is 4.94. The second-order valence-electron chi connectivity index (χ2n) is 5.39. The van der Waals surface area contributed by atoms with Crippen molar-refractivity contribution in [2.75, 3.05) is 0 Å². The van der Waals surface area contributed by atoms with Crippen LogP contribution in [0.15, 0.2) is 0 Å². The third-order valence-electron chi connectivity index (χ3n) is 4.44. The van der Waals surface area contributed by atoms with Gasteiger partial charge in [-0.1, -0.05) is 6.92 Å². The molecule has 0 radical (unpaired) electrons. The second kappa shape index (κ2) is 3.49. The average molecular weight is 195 g/mol. The van der Waals surface area contributed by atoms with Crippen LogP contribution in [0.25, 0.3) is 0 Å². The number of hydrogen-bond acceptors (Lipinski definition) is 2. The molecule has 1 N–H and O–H groups in total. The zero-order valence-corrected chi connectivity index (χ0v) is 9.04. The highest BCUT2D eigenvalue weighted by Gasteiger charge is 2.39. The molecule has 0 aromatic heterocycles. The fourth-order valence-electron chi connectivity index (χ4n) is 3.17. The number of rotatable bonds is 2. The van der Waals surface area contributed by atoms with Gasteiger partial charge in [-0.2, -0.15) is 0 Å². The SMILES string of the molecule is CC1CCC1NC1CCC2CCC1O2. The summed E-state index contributed by atoms with van der Waals surface area (Å²) in [6, 6.07) is 1.46. The Bertz CT molecular complexity index is 218. The van der Waals surface area contributed by atoms with E-state index in [2.05, 4.69) is 12.2 Å². The van der Waals surface area contributed by atoms with E-state index in [1.807, 2.05) is 0 Å². The monoisotopic (exact) mass is 195 g/mol. The zero-order valence-electron chi connectivity index (χ0n) is 9.04. The molecule has 0 aromatic carbocycles. The van der Waals surface area contributed by atoms with Crippen LogP contribution in [0.3, 0.4) is 0 Å². The summed E-state index contributed by atoms with van der Waals surface area (Å²) < 4.78 is 5.95. The molecular weight excluding hydrogens is 174 g/mol. The van der Waals surface area contributed by atoms with Crippen molar-refractivity contribution in [2.45, 2.75) is 69.7 Å². The maximum atomic E-state index is 5.95. The van der Waals surface area contributed by atoms with E-state index < -0.39 is 0 Å². The molecule has 1 aliphatic carbocycles. The van der Waals surface area contributed by atoms with Crippen molar-refractivity contribution in [3.8, 4) is 0 Å². The molecule has 5 unspecified atom stereocenters. The van der Waals surface area contributed by atoms with E-state index in [4.69, 9.17) is 4.74 Å². The van der Waals surface area contributed by atoms with Crippen LogP contribution in [-0.4, -0.2) is 24.3 Å². The normalized spacial score (nSPS) is 51.6. The van der Waals surface area contributed by atoms with E-state index in [1.54, 1.807) is 0 Å². The summed E-state index contributed by atoms with van der Waals surface area (Å²) in [6.07, 6.45) is 9.19. The number of fused-ring (bicyclic) bond motifs is 2. The van der Waals surface area contributed by atoms with Crippen LogP contribution in [0.1, 0.15) is 45.4 Å². The molecule has 2 saturated heterocycles. The van der Waals surface area contributed by atoms with E-state index in [-0.39, 0.29) is 0 Å². The quantitative estimate of drug-likeness (QED) is 0.728. The molecule has 3 fully saturated rings. The van der Waals surface area contributed by atoms with Crippen LogP contribution in [0.2, 0.25) is 0 Å². The van der Waals surface area contributed by atoms with E-state index in [0.29, 0.717) is 18.2 Å². The molecule has 2 heteroatoms. The maximum Gasteiger partial charge on any atom is 0.0732 e. The van der Waals surface area contributed by atoms with Gasteiger partial charge in [0.2, 0.25) is 0 Å². The second-order valence-corrected chi connectivity index (χ2v) is 5.39. The molecule has 3 aliphatic rings. The highest BCUT2D eigenvalue weighted by atomic mass is 16.5. The molecule has 3 rings (SSSR count). The Balaban J connectivity index is 1.57. The Morgan fingerprint density at radius 2 is 1.71 bits per heavy atom. The Hall–Kier alpha value is -0.0800. The molecule has 2 nitrogen and oxygen atoms in total. The van der Waals surface area contributed by atoms with Crippen molar-refractivity contribution in [3.05, 3.63) is 0 Å². The van der Waals surface area contributed by atoms with Gasteiger partial charge < -0.3 is 10.1 Å². The largest absolute Gasteiger partial charge is 0.373 e. The van der Waals surface area contributed by atoms with Crippen LogP contribution in [0, 0.1) is 5.92 Å². The fraction of sp³-hybridized carbons (Fsp3) is 1.00. The summed E-state index contributed by atoms with van der Waals surface area (Å²) in [4.78, 5) is 0. The Morgan fingerprint density at radius 3 is 2.43 bits per heavy atom. The summed E-state index contributed by atoms with van der Waals surface area (Å²) in [5.41, 5.74) is 0. The van der Waals surface area contributed by atoms with Gasteiger partial charge in [0.05, 0.1) is 12.2 Å². The first-order valence-electron chi connectivity index (χ1n) is 6.24. The Morgan fingerprint density at radius 1 is 0.929 bits per heavy atom. The van der Waals surface area contributed by atoms with Gasteiger partial charge in [0.1, 0.15) is 0 Å². The van der Waals surface area contributed by atoms with Gasteiger partial charge in [-0.15, -0.1) is 0 Å². The first kappa shape index (κ1) is 9.17. The minimum absolute atomic E-state index is 0.543. The van der Waals surface area contributed by atoms with Gasteiger partial charge in [0, 0.05) is 12.1 Å². The molecule has 5 atom stereocenters. The average Bonchev–Trinajstić information content (AvgIpc) is 2.58. The Kier molecular flexibility index (Phi) is 2.29. The predicted molar refractivity (Wildman–Crippen MR) is 56.2 cm³/mol. The van der Waals surface area contributed by atoms with Crippen molar-refractivity contribution >= 4 is 0 Å². The lowest BCUT2D eigenvalue weighted by molar-refractivity contribution is -0.0244. The van der Waals surface area contributed by atoms with Crippen LogP contribution < -0.4 is 5.32 Å². The number of ether oxygens (including phenoxy) is 1. The third kappa shape index (κ3) is 1.49. The van der Waals surface area contributed by atoms with Gasteiger partial charge in [-0.3, -0.25) is 0 Å². The number of hydrogen-bond donors (Lipinski definition) is 1. The smallest absolute Gasteiger partial charge is 0.0732 e.